The minimum Gasteiger partial charge on any atom is -0.496 e. The van der Waals surface area contributed by atoms with Gasteiger partial charge in [-0.1, -0.05) is 6.07 Å². The molecule has 1 aliphatic heterocycles. The van der Waals surface area contributed by atoms with Gasteiger partial charge in [0, 0.05) is 61.9 Å². The zero-order valence-electron chi connectivity index (χ0n) is 22.9. The van der Waals surface area contributed by atoms with Crippen LogP contribution in [0, 0.1) is 11.6 Å². The van der Waals surface area contributed by atoms with Crippen molar-refractivity contribution in [1.29, 1.82) is 0 Å². The summed E-state index contributed by atoms with van der Waals surface area (Å²) in [5.74, 6) is -0.560. The Morgan fingerprint density at radius 3 is 2.60 bits per heavy atom. The molecule has 2 aromatic heterocycles. The zero-order chi connectivity index (χ0) is 29.2. The molecule has 11 heteroatoms. The van der Waals surface area contributed by atoms with Crippen LogP contribution < -0.4 is 26.0 Å². The van der Waals surface area contributed by atoms with Crippen LogP contribution in [0.3, 0.4) is 0 Å². The van der Waals surface area contributed by atoms with E-state index < -0.39 is 17.5 Å². The molecule has 42 heavy (non-hydrogen) atoms. The molecule has 0 radical (unpaired) electrons. The molecule has 4 N–H and O–H groups in total. The first-order valence-corrected chi connectivity index (χ1v) is 13.5. The first-order valence-electron chi connectivity index (χ1n) is 13.5. The summed E-state index contributed by atoms with van der Waals surface area (Å²) in [5, 5.41) is 6.05. The fraction of sp³-hybridized carbons (Fsp3) is 0.194. The van der Waals surface area contributed by atoms with Gasteiger partial charge in [-0.05, 0) is 60.2 Å². The molecule has 0 spiro atoms. The van der Waals surface area contributed by atoms with E-state index in [1.54, 1.807) is 24.5 Å². The van der Waals surface area contributed by atoms with E-state index in [0.29, 0.717) is 22.6 Å². The van der Waals surface area contributed by atoms with Gasteiger partial charge in [0.25, 0.3) is 5.91 Å². The van der Waals surface area contributed by atoms with Gasteiger partial charge in [-0.2, -0.15) is 0 Å². The van der Waals surface area contributed by atoms with Crippen molar-refractivity contribution in [2.75, 3.05) is 43.9 Å². The number of methoxy groups -OCH3 is 1. The monoisotopic (exact) mass is 569 g/mol. The Balaban J connectivity index is 1.28. The third-order valence-corrected chi connectivity index (χ3v) is 7.34. The maximum absolute atomic E-state index is 15.6. The van der Waals surface area contributed by atoms with Gasteiger partial charge >= 0.3 is 0 Å². The topological polar surface area (TPSA) is 110 Å². The summed E-state index contributed by atoms with van der Waals surface area (Å²) in [7, 11) is 1.40. The Morgan fingerprint density at radius 2 is 1.86 bits per heavy atom. The molecular formula is C31H29F2N7O2. The molecular weight excluding hydrogens is 540 g/mol. The van der Waals surface area contributed by atoms with Crippen LogP contribution >= 0.6 is 0 Å². The average Bonchev–Trinajstić information content (AvgIpc) is 3.41. The van der Waals surface area contributed by atoms with Crippen LogP contribution in [0.1, 0.15) is 15.9 Å². The Hall–Kier alpha value is -5.03. The lowest BCUT2D eigenvalue weighted by Gasteiger charge is -2.29. The molecule has 3 aromatic carbocycles. The first-order chi connectivity index (χ1) is 20.4. The lowest BCUT2D eigenvalue weighted by Crippen LogP contribution is -2.43. The maximum atomic E-state index is 15.6. The van der Waals surface area contributed by atoms with Crippen LogP contribution in [0.5, 0.6) is 5.75 Å². The second kappa shape index (κ2) is 11.5. The number of halogens is 2. The van der Waals surface area contributed by atoms with E-state index in [2.05, 4.69) is 32.7 Å². The Morgan fingerprint density at radius 1 is 1.07 bits per heavy atom. The molecule has 5 aromatic rings. The van der Waals surface area contributed by atoms with Crippen LogP contribution in [0.2, 0.25) is 0 Å². The number of nitrogens with two attached hydrogens (primary N) is 1. The number of piperazine rings is 1. The van der Waals surface area contributed by atoms with Crippen molar-refractivity contribution < 1.29 is 18.3 Å². The van der Waals surface area contributed by atoms with E-state index in [9.17, 15) is 9.18 Å². The minimum atomic E-state index is -0.563. The number of hydrogen-bond acceptors (Lipinski definition) is 7. The number of hydrogen-bond donors (Lipinski definition) is 3. The van der Waals surface area contributed by atoms with Crippen LogP contribution in [-0.2, 0) is 6.54 Å². The van der Waals surface area contributed by atoms with Gasteiger partial charge in [0.15, 0.2) is 0 Å². The number of benzene rings is 3. The quantitative estimate of drug-likeness (QED) is 0.269. The highest BCUT2D eigenvalue weighted by molar-refractivity contribution is 5.97. The van der Waals surface area contributed by atoms with Crippen LogP contribution in [-0.4, -0.2) is 53.6 Å². The number of anilines is 2. The number of nitrogen functional groups attached to an aromatic ring is 1. The number of amides is 1. The van der Waals surface area contributed by atoms with Gasteiger partial charge in [-0.3, -0.25) is 9.20 Å². The molecule has 0 saturated carbocycles. The first kappa shape index (κ1) is 27.2. The number of carbonyl (C=O) groups excluding carboxylic acids is 1. The van der Waals surface area contributed by atoms with Gasteiger partial charge in [-0.15, -0.1) is 0 Å². The summed E-state index contributed by atoms with van der Waals surface area (Å²) in [4.78, 5) is 24.0. The number of ether oxygens (including phenoxy) is 1. The van der Waals surface area contributed by atoms with Gasteiger partial charge in [-0.25, -0.2) is 18.7 Å². The van der Waals surface area contributed by atoms with E-state index in [-0.39, 0.29) is 29.2 Å². The minimum absolute atomic E-state index is 0.0218. The fourth-order valence-corrected chi connectivity index (χ4v) is 5.20. The molecule has 1 saturated heterocycles. The van der Waals surface area contributed by atoms with Crippen molar-refractivity contribution in [2.45, 2.75) is 6.54 Å². The summed E-state index contributed by atoms with van der Waals surface area (Å²) in [5.41, 5.74) is 9.92. The molecule has 0 atom stereocenters. The van der Waals surface area contributed by atoms with Crippen molar-refractivity contribution in [3.8, 4) is 28.4 Å². The summed E-state index contributed by atoms with van der Waals surface area (Å²) in [6.07, 6.45) is 3.34. The third kappa shape index (κ3) is 5.21. The van der Waals surface area contributed by atoms with E-state index in [0.717, 1.165) is 43.5 Å². The van der Waals surface area contributed by atoms with Crippen LogP contribution in [0.15, 0.2) is 73.1 Å². The molecule has 0 aliphatic carbocycles. The van der Waals surface area contributed by atoms with Crippen molar-refractivity contribution in [2.24, 2.45) is 0 Å². The normalized spacial score (nSPS) is 13.4. The molecule has 1 aliphatic rings. The Labute approximate surface area is 241 Å². The largest absolute Gasteiger partial charge is 0.496 e. The summed E-state index contributed by atoms with van der Waals surface area (Å²) in [6.45, 7) is 3.79. The summed E-state index contributed by atoms with van der Waals surface area (Å²) in [6, 6.07) is 16.4. The zero-order valence-corrected chi connectivity index (χ0v) is 22.9. The fourth-order valence-electron chi connectivity index (χ4n) is 5.20. The van der Waals surface area contributed by atoms with Gasteiger partial charge in [0.2, 0.25) is 0 Å². The van der Waals surface area contributed by atoms with Crippen LogP contribution in [0.4, 0.5) is 20.3 Å². The highest BCUT2D eigenvalue weighted by Gasteiger charge is 2.21. The molecule has 1 amide bonds. The number of nitrogens with zero attached hydrogens (tertiary/aromatic N) is 4. The third-order valence-electron chi connectivity index (χ3n) is 7.34. The lowest BCUT2D eigenvalue weighted by molar-refractivity contribution is 0.0947. The van der Waals surface area contributed by atoms with E-state index in [4.69, 9.17) is 15.5 Å². The summed E-state index contributed by atoms with van der Waals surface area (Å²) >= 11 is 0. The predicted molar refractivity (Wildman–Crippen MR) is 157 cm³/mol. The number of aromatic nitrogens is 3. The highest BCUT2D eigenvalue weighted by atomic mass is 19.1. The van der Waals surface area contributed by atoms with Gasteiger partial charge < -0.3 is 26.0 Å². The molecule has 9 nitrogen and oxygen atoms in total. The lowest BCUT2D eigenvalue weighted by atomic mass is 10.1. The summed E-state index contributed by atoms with van der Waals surface area (Å²) < 4.78 is 36.3. The van der Waals surface area contributed by atoms with Gasteiger partial charge in [0.05, 0.1) is 12.7 Å². The molecule has 0 unspecified atom stereocenters. The highest BCUT2D eigenvalue weighted by Crippen LogP contribution is 2.34. The smallest absolute Gasteiger partial charge is 0.255 e. The molecule has 3 heterocycles. The SMILES string of the molecule is COc1ccc(F)cc1C(=O)NCc1ccc(-c2nc(-c3ccc(N4CCNCC4)cc3)n3ccnc(N)c23)c(F)c1. The number of carbonyl (C=O) groups is 1. The molecule has 0 bridgehead atoms. The van der Waals surface area contributed by atoms with Crippen molar-refractivity contribution in [1.82, 2.24) is 25.0 Å². The van der Waals surface area contributed by atoms with Crippen molar-refractivity contribution >= 4 is 22.9 Å². The Bertz CT molecular complexity index is 1770. The van der Waals surface area contributed by atoms with Crippen LogP contribution in [0.25, 0.3) is 28.2 Å². The van der Waals surface area contributed by atoms with Crippen molar-refractivity contribution in [3.05, 3.63) is 95.8 Å². The van der Waals surface area contributed by atoms with E-state index in [1.807, 2.05) is 16.5 Å². The molecule has 214 valence electrons. The molecule has 1 fully saturated rings. The second-order valence-corrected chi connectivity index (χ2v) is 9.94. The Kier molecular flexibility index (Phi) is 7.41. The average molecular weight is 570 g/mol. The maximum Gasteiger partial charge on any atom is 0.255 e. The number of fused-ring (bicyclic) bond motifs is 1. The predicted octanol–water partition coefficient (Wildman–Crippen LogP) is 4.27. The standard InChI is InChI=1S/C31H29F2N7O2/c1-42-26-9-5-21(32)17-24(26)31(41)37-18-19-2-8-23(25(33)16-19)27-28-29(34)36-12-15-40(28)30(38-27)20-3-6-22(7-4-20)39-13-10-35-11-14-39/h2-9,12,15-17,35H,10-11,13-14,18H2,1H3,(H2,34,36)(H,37,41). The number of nitrogens with one attached hydrogen (secondary N) is 2. The van der Waals surface area contributed by atoms with E-state index >= 15 is 4.39 Å². The molecule has 6 rings (SSSR count). The van der Waals surface area contributed by atoms with Crippen molar-refractivity contribution in [3.63, 3.8) is 0 Å². The number of rotatable bonds is 7. The second-order valence-electron chi connectivity index (χ2n) is 9.94. The van der Waals surface area contributed by atoms with E-state index in [1.165, 1.54) is 25.3 Å². The van der Waals surface area contributed by atoms with Gasteiger partial charge in [0.1, 0.15) is 40.2 Å². The number of imidazole rings is 1.